The molecular formula is C54H74F6N12O4. The fraction of sp³-hybridized carbons (Fsp3) is 0.556. The molecule has 16 nitrogen and oxygen atoms in total. The van der Waals surface area contributed by atoms with E-state index < -0.39 is 35.6 Å². The van der Waals surface area contributed by atoms with Crippen molar-refractivity contribution in [2.24, 2.45) is 11.8 Å². The third-order valence-corrected chi connectivity index (χ3v) is 11.9. The van der Waals surface area contributed by atoms with Crippen molar-refractivity contribution in [2.45, 2.75) is 144 Å². The molecule has 0 saturated carbocycles. The number of alkyl halides is 6. The lowest BCUT2D eigenvalue weighted by Crippen LogP contribution is -2.41. The zero-order valence-electron chi connectivity index (χ0n) is 44.9. The van der Waals surface area contributed by atoms with Crippen LogP contribution in [0.5, 0.6) is 0 Å². The Kier molecular flexibility index (Phi) is 23.2. The van der Waals surface area contributed by atoms with Gasteiger partial charge in [-0.1, -0.05) is 54.4 Å². The summed E-state index contributed by atoms with van der Waals surface area (Å²) in [5.74, 6) is 1.61. The molecule has 0 aliphatic rings. The van der Waals surface area contributed by atoms with Gasteiger partial charge in [0.2, 0.25) is 23.7 Å². The van der Waals surface area contributed by atoms with E-state index in [1.165, 1.54) is 29.4 Å². The molecule has 6 aromatic rings. The standard InChI is InChI=1S/2C27H37F3N6O2/c1-5-7-9-20-16-24(34-22(14-18(3)4)25(37)31-12-8-13-38-6-2)35-26(33-20)36-17-32-21-15-19(27(28,29)30)10-11-23(21)36;1-5-7-9-20-16-24(34-22(14-18(3)4)25(37)31-12-8-13-38-6-2)35-26(33-20)36-17-32-21-11-10-19(15-23(21)36)27(28,29)30/h2*10-11,15-18,22H,5-9,12-14H2,1-4H3,(H,31,37)(H,33,34,35)/t2*22-/m00/s1. The number of nitrogens with one attached hydrogen (secondary N) is 4. The number of rotatable bonds is 28. The molecule has 2 atom stereocenters. The molecule has 0 fully saturated rings. The van der Waals surface area contributed by atoms with E-state index >= 15 is 0 Å². The van der Waals surface area contributed by atoms with Crippen molar-refractivity contribution in [3.8, 4) is 11.9 Å². The number of hydrogen-bond acceptors (Lipinski definition) is 12. The van der Waals surface area contributed by atoms with Gasteiger partial charge < -0.3 is 30.7 Å². The van der Waals surface area contributed by atoms with Crippen LogP contribution in [0.25, 0.3) is 34.0 Å². The molecule has 22 heteroatoms. The smallest absolute Gasteiger partial charge is 0.382 e. The third-order valence-electron chi connectivity index (χ3n) is 11.9. The number of carbonyl (C=O) groups excluding carboxylic acids is 2. The van der Waals surface area contributed by atoms with Crippen LogP contribution in [-0.2, 0) is 44.3 Å². The zero-order chi connectivity index (χ0) is 55.4. The van der Waals surface area contributed by atoms with Gasteiger partial charge in [-0.2, -0.15) is 36.3 Å². The highest BCUT2D eigenvalue weighted by atomic mass is 19.4. The highest BCUT2D eigenvalue weighted by Crippen LogP contribution is 2.33. The number of fused-ring (bicyclic) bond motifs is 2. The number of amides is 2. The SMILES string of the molecule is CCCCc1cc(N[C@@H](CC(C)C)C(=O)NCCCOCC)nc(-n2cnc3cc(C(F)(F)F)ccc32)n1.CCCCc1cc(N[C@@H](CC(C)C)C(=O)NCCCOCC)nc(-n2cnc3ccc(C(F)(F)F)cc32)n1. The largest absolute Gasteiger partial charge is 0.416 e. The van der Waals surface area contributed by atoms with Crippen LogP contribution in [0, 0.1) is 11.8 Å². The number of unbranched alkanes of at least 4 members (excludes halogenated alkanes) is 2. The summed E-state index contributed by atoms with van der Waals surface area (Å²) in [7, 11) is 0. The van der Waals surface area contributed by atoms with Crippen LogP contribution in [0.15, 0.2) is 61.2 Å². The molecule has 0 saturated heterocycles. The van der Waals surface area contributed by atoms with Gasteiger partial charge in [0, 0.05) is 63.0 Å². The summed E-state index contributed by atoms with van der Waals surface area (Å²) in [4.78, 5) is 52.9. The summed E-state index contributed by atoms with van der Waals surface area (Å²) in [5.41, 5.74) is 1.28. The minimum absolute atomic E-state index is 0.127. The summed E-state index contributed by atoms with van der Waals surface area (Å²) >= 11 is 0. The lowest BCUT2D eigenvalue weighted by molar-refractivity contribution is -0.138. The molecule has 76 heavy (non-hydrogen) atoms. The average molecular weight is 1070 g/mol. The van der Waals surface area contributed by atoms with Crippen molar-refractivity contribution in [1.82, 2.24) is 49.7 Å². The maximum absolute atomic E-state index is 13.4. The predicted molar refractivity (Wildman–Crippen MR) is 283 cm³/mol. The lowest BCUT2D eigenvalue weighted by atomic mass is 10.0. The van der Waals surface area contributed by atoms with E-state index in [0.717, 1.165) is 67.8 Å². The number of hydrogen-bond donors (Lipinski definition) is 4. The number of benzene rings is 2. The van der Waals surface area contributed by atoms with Crippen molar-refractivity contribution in [3.05, 3.63) is 83.7 Å². The highest BCUT2D eigenvalue weighted by molar-refractivity contribution is 5.85. The molecular weight excluding hydrogens is 995 g/mol. The summed E-state index contributed by atoms with van der Waals surface area (Å²) in [6, 6.07) is 9.38. The Morgan fingerprint density at radius 3 is 1.46 bits per heavy atom. The van der Waals surface area contributed by atoms with E-state index in [1.807, 2.05) is 47.6 Å². The van der Waals surface area contributed by atoms with Crippen molar-refractivity contribution in [3.63, 3.8) is 0 Å². The molecule has 0 aliphatic heterocycles. The number of ether oxygens (including phenoxy) is 2. The molecule has 2 amide bonds. The maximum atomic E-state index is 13.4. The van der Waals surface area contributed by atoms with Crippen LogP contribution in [0.1, 0.15) is 129 Å². The Labute approximate surface area is 441 Å². The Morgan fingerprint density at radius 1 is 0.566 bits per heavy atom. The predicted octanol–water partition coefficient (Wildman–Crippen LogP) is 11.1. The molecule has 0 bridgehead atoms. The average Bonchev–Trinajstić information content (AvgIpc) is 4.01. The van der Waals surface area contributed by atoms with E-state index in [1.54, 1.807) is 10.6 Å². The fourth-order valence-electron chi connectivity index (χ4n) is 8.06. The van der Waals surface area contributed by atoms with Crippen LogP contribution in [0.2, 0.25) is 0 Å². The summed E-state index contributed by atoms with van der Waals surface area (Å²) in [5, 5.41) is 12.5. The fourth-order valence-corrected chi connectivity index (χ4v) is 8.06. The Morgan fingerprint density at radius 2 is 1.01 bits per heavy atom. The minimum Gasteiger partial charge on any atom is -0.382 e. The van der Waals surface area contributed by atoms with E-state index in [0.29, 0.717) is 94.3 Å². The van der Waals surface area contributed by atoms with Crippen molar-refractivity contribution >= 4 is 45.5 Å². The topological polar surface area (TPSA) is 188 Å². The molecule has 4 aromatic heterocycles. The molecule has 4 heterocycles. The van der Waals surface area contributed by atoms with E-state index in [4.69, 9.17) is 9.47 Å². The number of carbonyl (C=O) groups is 2. The molecule has 0 aliphatic carbocycles. The van der Waals surface area contributed by atoms with E-state index in [2.05, 4.69) is 65.0 Å². The van der Waals surface area contributed by atoms with Crippen molar-refractivity contribution in [2.75, 3.05) is 50.2 Å². The number of anilines is 2. The molecule has 0 spiro atoms. The monoisotopic (exact) mass is 1070 g/mol. The molecule has 0 unspecified atom stereocenters. The first-order valence-corrected chi connectivity index (χ1v) is 26.3. The van der Waals surface area contributed by atoms with Crippen LogP contribution in [0.4, 0.5) is 38.0 Å². The van der Waals surface area contributed by atoms with Crippen LogP contribution < -0.4 is 21.3 Å². The van der Waals surface area contributed by atoms with Gasteiger partial charge in [0.05, 0.1) is 33.2 Å². The van der Waals surface area contributed by atoms with Gasteiger partial charge in [0.1, 0.15) is 36.4 Å². The van der Waals surface area contributed by atoms with Crippen molar-refractivity contribution < 1.29 is 45.4 Å². The van der Waals surface area contributed by atoms with Gasteiger partial charge >= 0.3 is 12.4 Å². The van der Waals surface area contributed by atoms with Gasteiger partial charge in [-0.3, -0.25) is 18.7 Å². The molecule has 2 aromatic carbocycles. The first-order valence-electron chi connectivity index (χ1n) is 26.3. The maximum Gasteiger partial charge on any atom is 0.416 e. The third kappa shape index (κ3) is 18.4. The van der Waals surface area contributed by atoms with E-state index in [-0.39, 0.29) is 46.6 Å². The van der Waals surface area contributed by atoms with Gasteiger partial charge in [0.15, 0.2) is 0 Å². The first kappa shape index (κ1) is 60.4. The van der Waals surface area contributed by atoms with Crippen molar-refractivity contribution in [1.29, 1.82) is 0 Å². The molecule has 4 N–H and O–H groups in total. The molecule has 0 radical (unpaired) electrons. The second-order valence-corrected chi connectivity index (χ2v) is 19.3. The molecule has 6 rings (SSSR count). The molecule has 416 valence electrons. The highest BCUT2D eigenvalue weighted by Gasteiger charge is 2.32. The van der Waals surface area contributed by atoms with E-state index in [9.17, 15) is 35.9 Å². The van der Waals surface area contributed by atoms with Gasteiger partial charge in [-0.15, -0.1) is 0 Å². The summed E-state index contributed by atoms with van der Waals surface area (Å²) < 4.78 is 93.4. The van der Waals surface area contributed by atoms with Crippen LogP contribution in [0.3, 0.4) is 0 Å². The normalized spacial score (nSPS) is 12.7. The quantitative estimate of drug-likeness (QED) is 0.0269. The Bertz CT molecular complexity index is 2760. The summed E-state index contributed by atoms with van der Waals surface area (Å²) in [6.45, 7) is 19.6. The lowest BCUT2D eigenvalue weighted by Gasteiger charge is -2.21. The first-order chi connectivity index (χ1) is 36.2. The number of halogens is 6. The van der Waals surface area contributed by atoms with Gasteiger partial charge in [0.25, 0.3) is 0 Å². The zero-order valence-corrected chi connectivity index (χ0v) is 44.9. The Balaban J connectivity index is 0.000000281. The number of nitrogens with zero attached hydrogens (tertiary/aromatic N) is 8. The van der Waals surface area contributed by atoms with Gasteiger partial charge in [-0.25, -0.2) is 19.9 Å². The van der Waals surface area contributed by atoms with Crippen LogP contribution in [-0.4, -0.2) is 102 Å². The second-order valence-electron chi connectivity index (χ2n) is 19.3. The Hall–Kier alpha value is -6.42. The number of aromatic nitrogens is 8. The number of imidazole rings is 2. The van der Waals surface area contributed by atoms with Crippen LogP contribution >= 0.6 is 0 Å². The van der Waals surface area contributed by atoms with Gasteiger partial charge in [-0.05, 0) is 113 Å². The summed E-state index contributed by atoms with van der Waals surface area (Å²) in [6.07, 6.45) is 1.57. The minimum atomic E-state index is -4.49. The second kappa shape index (κ2) is 29.2. The number of aryl methyl sites for hydroxylation is 2.